The van der Waals surface area contributed by atoms with E-state index >= 15 is 0 Å². The van der Waals surface area contributed by atoms with E-state index in [0.29, 0.717) is 53.8 Å². The van der Waals surface area contributed by atoms with Gasteiger partial charge in [-0.2, -0.15) is 0 Å². The van der Waals surface area contributed by atoms with Crippen molar-refractivity contribution in [1.82, 2.24) is 20.2 Å². The molecule has 0 aliphatic carbocycles. The first-order valence-electron chi connectivity index (χ1n) is 10.1. The largest absolute Gasteiger partial charge is 0.444 e. The van der Waals surface area contributed by atoms with Gasteiger partial charge in [-0.1, -0.05) is 29.3 Å². The van der Waals surface area contributed by atoms with Gasteiger partial charge in [0.15, 0.2) is 0 Å². The minimum absolute atomic E-state index is 0.0624. The van der Waals surface area contributed by atoms with E-state index in [2.05, 4.69) is 15.3 Å². The van der Waals surface area contributed by atoms with E-state index in [-0.39, 0.29) is 17.9 Å². The number of rotatable bonds is 4. The number of benzene rings is 1. The molecule has 1 N–H and O–H groups in total. The molecule has 7 nitrogen and oxygen atoms in total. The van der Waals surface area contributed by atoms with Crippen LogP contribution in [0.1, 0.15) is 61.1 Å². The summed E-state index contributed by atoms with van der Waals surface area (Å²) in [5, 5.41) is 3.79. The van der Waals surface area contributed by atoms with Gasteiger partial charge in [-0.3, -0.25) is 4.79 Å². The van der Waals surface area contributed by atoms with Gasteiger partial charge in [0.2, 0.25) is 0 Å². The maximum Gasteiger partial charge on any atom is 0.410 e. The number of piperidine rings is 1. The number of likely N-dealkylation sites (tertiary alicyclic amines) is 1. The maximum atomic E-state index is 12.8. The van der Waals surface area contributed by atoms with Crippen molar-refractivity contribution in [2.45, 2.75) is 51.7 Å². The Bertz CT molecular complexity index is 954. The molecule has 0 unspecified atom stereocenters. The number of nitrogens with one attached hydrogen (secondary N) is 1. The zero-order valence-corrected chi connectivity index (χ0v) is 19.3. The Balaban J connectivity index is 1.63. The predicted molar refractivity (Wildman–Crippen MR) is 119 cm³/mol. The highest BCUT2D eigenvalue weighted by Crippen LogP contribution is 2.29. The number of hydrogen-bond acceptors (Lipinski definition) is 5. The molecule has 2 heterocycles. The number of hydrogen-bond donors (Lipinski definition) is 1. The van der Waals surface area contributed by atoms with E-state index in [1.807, 2.05) is 26.8 Å². The smallest absolute Gasteiger partial charge is 0.410 e. The highest BCUT2D eigenvalue weighted by atomic mass is 35.5. The van der Waals surface area contributed by atoms with Crippen LogP contribution in [0.15, 0.2) is 30.7 Å². The maximum absolute atomic E-state index is 12.8. The van der Waals surface area contributed by atoms with Gasteiger partial charge >= 0.3 is 6.09 Å². The molecule has 0 saturated carbocycles. The third-order valence-electron chi connectivity index (χ3n) is 4.96. The lowest BCUT2D eigenvalue weighted by Crippen LogP contribution is -2.41. The number of halogens is 2. The van der Waals surface area contributed by atoms with Crippen LogP contribution in [0, 0.1) is 0 Å². The van der Waals surface area contributed by atoms with Gasteiger partial charge in [-0.15, -0.1) is 0 Å². The lowest BCUT2D eigenvalue weighted by molar-refractivity contribution is 0.0203. The minimum Gasteiger partial charge on any atom is -0.444 e. The molecule has 1 fully saturated rings. The van der Waals surface area contributed by atoms with Crippen LogP contribution >= 0.6 is 23.2 Å². The molecule has 9 heteroatoms. The van der Waals surface area contributed by atoms with Crippen LogP contribution in [0.5, 0.6) is 0 Å². The molecule has 1 saturated heterocycles. The molecule has 1 aromatic carbocycles. The first-order chi connectivity index (χ1) is 14.6. The number of amides is 2. The number of carbonyl (C=O) groups excluding carboxylic acids is 2. The van der Waals surface area contributed by atoms with Crippen LogP contribution in [-0.2, 0) is 11.3 Å². The third kappa shape index (κ3) is 6.31. The fourth-order valence-corrected chi connectivity index (χ4v) is 3.75. The molecule has 166 valence electrons. The predicted octanol–water partition coefficient (Wildman–Crippen LogP) is 4.83. The summed E-state index contributed by atoms with van der Waals surface area (Å²) < 4.78 is 5.45. The molecular weight excluding hydrogens is 439 g/mol. The van der Waals surface area contributed by atoms with Crippen molar-refractivity contribution < 1.29 is 14.3 Å². The Morgan fingerprint density at radius 1 is 1.19 bits per heavy atom. The fraction of sp³-hybridized carbons (Fsp3) is 0.455. The van der Waals surface area contributed by atoms with Gasteiger partial charge in [0, 0.05) is 31.7 Å². The van der Waals surface area contributed by atoms with Gasteiger partial charge in [0.1, 0.15) is 11.9 Å². The van der Waals surface area contributed by atoms with Crippen molar-refractivity contribution in [3.63, 3.8) is 0 Å². The van der Waals surface area contributed by atoms with Crippen LogP contribution < -0.4 is 5.32 Å². The number of nitrogens with zero attached hydrogens (tertiary/aromatic N) is 3. The lowest BCUT2D eigenvalue weighted by atomic mass is 9.91. The Hall–Kier alpha value is -2.38. The minimum atomic E-state index is -0.528. The molecule has 0 atom stereocenters. The van der Waals surface area contributed by atoms with Crippen LogP contribution in [-0.4, -0.2) is 45.6 Å². The van der Waals surface area contributed by atoms with E-state index in [4.69, 9.17) is 27.9 Å². The molecule has 2 amide bonds. The second kappa shape index (κ2) is 9.83. The van der Waals surface area contributed by atoms with Gasteiger partial charge in [0.25, 0.3) is 5.91 Å². The van der Waals surface area contributed by atoms with E-state index < -0.39 is 5.60 Å². The van der Waals surface area contributed by atoms with E-state index in [1.165, 1.54) is 12.5 Å². The lowest BCUT2D eigenvalue weighted by Gasteiger charge is -2.33. The third-order valence-corrected chi connectivity index (χ3v) is 5.70. The number of carbonyl (C=O) groups is 2. The highest BCUT2D eigenvalue weighted by molar-refractivity contribution is 6.42. The Labute approximate surface area is 192 Å². The standard InChI is InChI=1S/C22H26Cl2N4O3/c1-22(2,3)31-21(30)28-8-6-15(7-9-28)19-16(12-25-13-27-19)20(29)26-11-14-4-5-17(23)18(24)10-14/h4-5,10,12-13,15H,6-9,11H2,1-3H3,(H,26,29). The Morgan fingerprint density at radius 2 is 1.90 bits per heavy atom. The number of aromatic nitrogens is 2. The normalized spacial score (nSPS) is 14.9. The summed E-state index contributed by atoms with van der Waals surface area (Å²) in [5.74, 6) is -0.191. The Kier molecular flexibility index (Phi) is 7.38. The monoisotopic (exact) mass is 464 g/mol. The van der Waals surface area contributed by atoms with Gasteiger partial charge in [-0.25, -0.2) is 14.8 Å². The summed E-state index contributed by atoms with van der Waals surface area (Å²) in [6.45, 7) is 6.95. The van der Waals surface area contributed by atoms with Crippen LogP contribution in [0.3, 0.4) is 0 Å². The summed E-state index contributed by atoms with van der Waals surface area (Å²) in [4.78, 5) is 35.2. The average Bonchev–Trinajstić information content (AvgIpc) is 2.73. The number of ether oxygens (including phenoxy) is 1. The summed E-state index contributed by atoms with van der Waals surface area (Å²) in [6.07, 6.45) is 4.07. The van der Waals surface area contributed by atoms with Gasteiger partial charge in [0.05, 0.1) is 21.3 Å². The molecule has 31 heavy (non-hydrogen) atoms. The molecule has 0 spiro atoms. The molecule has 1 aromatic heterocycles. The second-order valence-corrected chi connectivity index (χ2v) is 9.31. The van der Waals surface area contributed by atoms with Crippen molar-refractivity contribution in [2.24, 2.45) is 0 Å². The van der Waals surface area contributed by atoms with E-state index in [9.17, 15) is 9.59 Å². The Morgan fingerprint density at radius 3 is 2.55 bits per heavy atom. The quantitative estimate of drug-likeness (QED) is 0.700. The van der Waals surface area contributed by atoms with Crippen LogP contribution in [0.25, 0.3) is 0 Å². The van der Waals surface area contributed by atoms with Crippen molar-refractivity contribution in [2.75, 3.05) is 13.1 Å². The molecule has 0 radical (unpaired) electrons. The zero-order chi connectivity index (χ0) is 22.6. The molecular formula is C22H26Cl2N4O3. The first-order valence-corrected chi connectivity index (χ1v) is 10.9. The molecule has 0 bridgehead atoms. The van der Waals surface area contributed by atoms with Gasteiger partial charge in [-0.05, 0) is 51.3 Å². The molecule has 3 rings (SSSR count). The summed E-state index contributed by atoms with van der Waals surface area (Å²) in [7, 11) is 0. The van der Waals surface area contributed by atoms with Crippen molar-refractivity contribution in [1.29, 1.82) is 0 Å². The van der Waals surface area contributed by atoms with Crippen molar-refractivity contribution in [3.8, 4) is 0 Å². The van der Waals surface area contributed by atoms with Gasteiger partial charge < -0.3 is 15.0 Å². The van der Waals surface area contributed by atoms with E-state index in [1.54, 1.807) is 17.0 Å². The van der Waals surface area contributed by atoms with Crippen molar-refractivity contribution >= 4 is 35.2 Å². The van der Waals surface area contributed by atoms with Crippen molar-refractivity contribution in [3.05, 3.63) is 57.6 Å². The molecule has 1 aliphatic rings. The molecule has 1 aliphatic heterocycles. The summed E-state index contributed by atoms with van der Waals surface area (Å²) in [5.41, 5.74) is 1.45. The first kappa shape index (κ1) is 23.3. The van der Waals surface area contributed by atoms with Crippen LogP contribution in [0.2, 0.25) is 10.0 Å². The SMILES string of the molecule is CC(C)(C)OC(=O)N1CCC(c2ncncc2C(=O)NCc2ccc(Cl)c(Cl)c2)CC1. The highest BCUT2D eigenvalue weighted by Gasteiger charge is 2.30. The summed E-state index contributed by atoms with van der Waals surface area (Å²) in [6, 6.07) is 5.23. The molecule has 2 aromatic rings. The van der Waals surface area contributed by atoms with Crippen LogP contribution in [0.4, 0.5) is 4.79 Å². The topological polar surface area (TPSA) is 84.4 Å². The summed E-state index contributed by atoms with van der Waals surface area (Å²) >= 11 is 12.0. The second-order valence-electron chi connectivity index (χ2n) is 8.49. The average molecular weight is 465 g/mol. The van der Waals surface area contributed by atoms with E-state index in [0.717, 1.165) is 5.56 Å². The zero-order valence-electron chi connectivity index (χ0n) is 17.8. The fourth-order valence-electron chi connectivity index (χ4n) is 3.43.